The molecule has 0 N–H and O–H groups in total. The quantitative estimate of drug-likeness (QED) is 0.316. The highest BCUT2D eigenvalue weighted by atomic mass is 16.6. The third-order valence-corrected chi connectivity index (χ3v) is 5.37. The standard InChI is InChI=1S/C28H39NO4/c1-9-11-21-12-14-22(15-13-21)26(30)33-25-20(5)16-23(28(6,7)8)17-24(25)29(18-19(3)4)27(31)32-10-2/h12-17,19H,9-11,18H2,1-8H3. The van der Waals surface area contributed by atoms with E-state index in [1.165, 1.54) is 5.56 Å². The number of carbonyl (C=O) groups excluding carboxylic acids is 2. The summed E-state index contributed by atoms with van der Waals surface area (Å²) in [7, 11) is 0. The SMILES string of the molecule is CCCc1ccc(C(=O)Oc2c(C)cc(C(C)(C)C)cc2N(CC(C)C)C(=O)OCC)cc1. The number of amides is 1. The van der Waals surface area contributed by atoms with Gasteiger partial charge >= 0.3 is 12.1 Å². The molecule has 5 nitrogen and oxygen atoms in total. The number of aryl methyl sites for hydroxylation is 2. The minimum atomic E-state index is -0.446. The van der Waals surface area contributed by atoms with Gasteiger partial charge in [-0.3, -0.25) is 4.90 Å². The van der Waals surface area contributed by atoms with Crippen molar-refractivity contribution < 1.29 is 19.1 Å². The Morgan fingerprint density at radius 3 is 2.18 bits per heavy atom. The van der Waals surface area contributed by atoms with Gasteiger partial charge in [0, 0.05) is 6.54 Å². The van der Waals surface area contributed by atoms with Gasteiger partial charge < -0.3 is 9.47 Å². The van der Waals surface area contributed by atoms with Crippen LogP contribution >= 0.6 is 0 Å². The Morgan fingerprint density at radius 1 is 1.03 bits per heavy atom. The molecule has 2 aromatic rings. The zero-order valence-corrected chi connectivity index (χ0v) is 21.5. The van der Waals surface area contributed by atoms with Gasteiger partial charge in [0.05, 0.1) is 17.9 Å². The molecule has 0 heterocycles. The van der Waals surface area contributed by atoms with Crippen molar-refractivity contribution in [1.29, 1.82) is 0 Å². The van der Waals surface area contributed by atoms with Crippen LogP contribution in [0.3, 0.4) is 0 Å². The molecule has 0 aromatic heterocycles. The Kier molecular flexibility index (Phi) is 9.09. The van der Waals surface area contributed by atoms with Crippen molar-refractivity contribution in [2.24, 2.45) is 5.92 Å². The predicted molar refractivity (Wildman–Crippen MR) is 134 cm³/mol. The summed E-state index contributed by atoms with van der Waals surface area (Å²) in [5.74, 6) is 0.140. The smallest absolute Gasteiger partial charge is 0.414 e. The fourth-order valence-corrected chi connectivity index (χ4v) is 3.61. The zero-order chi connectivity index (χ0) is 24.8. The average molecular weight is 454 g/mol. The van der Waals surface area contributed by atoms with Crippen molar-refractivity contribution in [3.8, 4) is 5.75 Å². The number of ether oxygens (including phenoxy) is 2. The fraction of sp³-hybridized carbons (Fsp3) is 0.500. The number of anilines is 1. The maximum atomic E-state index is 13.1. The van der Waals surface area contributed by atoms with Crippen molar-refractivity contribution in [1.82, 2.24) is 0 Å². The molecule has 0 unspecified atom stereocenters. The van der Waals surface area contributed by atoms with Crippen LogP contribution in [0.2, 0.25) is 0 Å². The van der Waals surface area contributed by atoms with E-state index in [0.29, 0.717) is 23.5 Å². The van der Waals surface area contributed by atoms with Gasteiger partial charge in [-0.1, -0.05) is 66.2 Å². The zero-order valence-electron chi connectivity index (χ0n) is 21.5. The monoisotopic (exact) mass is 453 g/mol. The van der Waals surface area contributed by atoms with E-state index < -0.39 is 12.1 Å². The van der Waals surface area contributed by atoms with Gasteiger partial charge in [0.2, 0.25) is 0 Å². The van der Waals surface area contributed by atoms with E-state index in [-0.39, 0.29) is 17.9 Å². The first-order chi connectivity index (χ1) is 15.5. The molecular weight excluding hydrogens is 414 g/mol. The van der Waals surface area contributed by atoms with Gasteiger partial charge in [0.1, 0.15) is 0 Å². The molecule has 0 aliphatic carbocycles. The second kappa shape index (κ2) is 11.4. The molecule has 0 saturated heterocycles. The number of esters is 1. The van der Waals surface area contributed by atoms with E-state index in [2.05, 4.69) is 27.7 Å². The van der Waals surface area contributed by atoms with E-state index in [9.17, 15) is 9.59 Å². The van der Waals surface area contributed by atoms with Crippen LogP contribution in [0.5, 0.6) is 5.75 Å². The van der Waals surface area contributed by atoms with Gasteiger partial charge in [-0.05, 0) is 66.5 Å². The first-order valence-electron chi connectivity index (χ1n) is 11.9. The number of benzene rings is 2. The van der Waals surface area contributed by atoms with Gasteiger partial charge in [-0.2, -0.15) is 0 Å². The summed E-state index contributed by atoms with van der Waals surface area (Å²) in [6.45, 7) is 17.0. The lowest BCUT2D eigenvalue weighted by atomic mass is 9.85. The number of hydrogen-bond acceptors (Lipinski definition) is 4. The predicted octanol–water partition coefficient (Wildman–Crippen LogP) is 7.08. The molecule has 2 aromatic carbocycles. The molecule has 180 valence electrons. The molecule has 0 aliphatic heterocycles. The summed E-state index contributed by atoms with van der Waals surface area (Å²) < 4.78 is 11.3. The summed E-state index contributed by atoms with van der Waals surface area (Å²) in [6, 6.07) is 11.5. The molecular formula is C28H39NO4. The van der Waals surface area contributed by atoms with Crippen molar-refractivity contribution in [3.05, 3.63) is 58.7 Å². The first kappa shape index (κ1) is 26.4. The van der Waals surface area contributed by atoms with Crippen LogP contribution in [-0.4, -0.2) is 25.2 Å². The molecule has 0 radical (unpaired) electrons. The van der Waals surface area contributed by atoms with Crippen molar-refractivity contribution in [2.75, 3.05) is 18.1 Å². The maximum Gasteiger partial charge on any atom is 0.414 e. The molecule has 33 heavy (non-hydrogen) atoms. The summed E-state index contributed by atoms with van der Waals surface area (Å²) in [6.07, 6.45) is 1.57. The molecule has 0 bridgehead atoms. The van der Waals surface area contributed by atoms with E-state index >= 15 is 0 Å². The van der Waals surface area contributed by atoms with Gasteiger partial charge in [-0.25, -0.2) is 9.59 Å². The Hall–Kier alpha value is -2.82. The molecule has 0 spiro atoms. The number of nitrogens with zero attached hydrogens (tertiary/aromatic N) is 1. The molecule has 5 heteroatoms. The number of rotatable bonds is 8. The van der Waals surface area contributed by atoms with Gasteiger partial charge in [-0.15, -0.1) is 0 Å². The van der Waals surface area contributed by atoms with Crippen LogP contribution in [-0.2, 0) is 16.6 Å². The number of carbonyl (C=O) groups is 2. The lowest BCUT2D eigenvalue weighted by molar-refractivity contribution is 0.0733. The molecule has 2 rings (SSSR count). The fourth-order valence-electron chi connectivity index (χ4n) is 3.61. The molecule has 0 saturated carbocycles. The Balaban J connectivity index is 2.55. The normalized spacial score (nSPS) is 11.4. The summed E-state index contributed by atoms with van der Waals surface area (Å²) in [5, 5.41) is 0. The van der Waals surface area contributed by atoms with Crippen LogP contribution in [0.25, 0.3) is 0 Å². The Bertz CT molecular complexity index is 955. The maximum absolute atomic E-state index is 13.1. The highest BCUT2D eigenvalue weighted by Gasteiger charge is 2.27. The lowest BCUT2D eigenvalue weighted by Gasteiger charge is -2.29. The minimum absolute atomic E-state index is 0.144. The summed E-state index contributed by atoms with van der Waals surface area (Å²) in [4.78, 5) is 27.6. The summed E-state index contributed by atoms with van der Waals surface area (Å²) in [5.41, 5.74) is 3.93. The van der Waals surface area contributed by atoms with Crippen molar-refractivity contribution >= 4 is 17.7 Å². The Labute approximate surface area is 199 Å². The summed E-state index contributed by atoms with van der Waals surface area (Å²) >= 11 is 0. The van der Waals surface area contributed by atoms with Crippen LogP contribution in [0.4, 0.5) is 10.5 Å². The number of hydrogen-bond donors (Lipinski definition) is 0. The van der Waals surface area contributed by atoms with Gasteiger partial charge in [0.25, 0.3) is 0 Å². The van der Waals surface area contributed by atoms with Crippen molar-refractivity contribution in [2.45, 2.75) is 73.6 Å². The topological polar surface area (TPSA) is 55.8 Å². The molecule has 0 atom stereocenters. The minimum Gasteiger partial charge on any atom is -0.449 e. The first-order valence-corrected chi connectivity index (χ1v) is 11.9. The van der Waals surface area contributed by atoms with Crippen LogP contribution in [0.15, 0.2) is 36.4 Å². The third-order valence-electron chi connectivity index (χ3n) is 5.37. The Morgan fingerprint density at radius 2 is 1.67 bits per heavy atom. The van der Waals surface area contributed by atoms with Gasteiger partial charge in [0.15, 0.2) is 5.75 Å². The van der Waals surface area contributed by atoms with Crippen molar-refractivity contribution in [3.63, 3.8) is 0 Å². The van der Waals surface area contributed by atoms with Crippen LogP contribution in [0.1, 0.15) is 81.9 Å². The molecule has 0 fully saturated rings. The largest absolute Gasteiger partial charge is 0.449 e. The van der Waals surface area contributed by atoms with E-state index in [1.807, 2.05) is 45.0 Å². The van der Waals surface area contributed by atoms with E-state index in [0.717, 1.165) is 24.0 Å². The third kappa shape index (κ3) is 7.08. The van der Waals surface area contributed by atoms with E-state index in [4.69, 9.17) is 9.47 Å². The average Bonchev–Trinajstić information content (AvgIpc) is 2.73. The molecule has 1 amide bonds. The molecule has 0 aliphatic rings. The lowest BCUT2D eigenvalue weighted by Crippen LogP contribution is -2.35. The second-order valence-electron chi connectivity index (χ2n) is 9.93. The van der Waals surface area contributed by atoms with E-state index in [1.54, 1.807) is 24.0 Å². The van der Waals surface area contributed by atoms with Crippen LogP contribution in [0, 0.1) is 12.8 Å². The second-order valence-corrected chi connectivity index (χ2v) is 9.93. The van der Waals surface area contributed by atoms with Crippen LogP contribution < -0.4 is 9.64 Å². The highest BCUT2D eigenvalue weighted by Crippen LogP contribution is 2.38. The highest BCUT2D eigenvalue weighted by molar-refractivity contribution is 5.95.